The Hall–Kier alpha value is -3.14. The lowest BCUT2D eigenvalue weighted by molar-refractivity contribution is -0.139. The lowest BCUT2D eigenvalue weighted by Crippen LogP contribution is -2.52. The van der Waals surface area contributed by atoms with Crippen molar-refractivity contribution >= 4 is 27.5 Å². The zero-order valence-corrected chi connectivity index (χ0v) is 22.5. The SMILES string of the molecule is CCOc1ccc(N(CC(=O)N(Cc2ccc(F)cc2)[C@@H](C)C(=O)NC2CCCCC2)S(C)(=O)=O)cc1. The summed E-state index contributed by atoms with van der Waals surface area (Å²) in [5.41, 5.74) is 0.930. The van der Waals surface area contributed by atoms with E-state index in [0.717, 1.165) is 42.7 Å². The normalized spacial score (nSPS) is 15.0. The molecule has 0 heterocycles. The Morgan fingerprint density at radius 3 is 2.24 bits per heavy atom. The van der Waals surface area contributed by atoms with Gasteiger partial charge in [0.15, 0.2) is 0 Å². The van der Waals surface area contributed by atoms with Crippen LogP contribution in [0.5, 0.6) is 5.75 Å². The van der Waals surface area contributed by atoms with Gasteiger partial charge in [0.2, 0.25) is 21.8 Å². The van der Waals surface area contributed by atoms with Crippen molar-refractivity contribution in [2.45, 2.75) is 64.6 Å². The second-order valence-corrected chi connectivity index (χ2v) is 11.3. The Bertz CT molecular complexity index is 1150. The number of carbonyl (C=O) groups excluding carboxylic acids is 2. The van der Waals surface area contributed by atoms with Gasteiger partial charge in [0.1, 0.15) is 24.2 Å². The van der Waals surface area contributed by atoms with Crippen LogP contribution in [0.2, 0.25) is 0 Å². The van der Waals surface area contributed by atoms with Crippen molar-refractivity contribution in [3.8, 4) is 5.75 Å². The van der Waals surface area contributed by atoms with E-state index in [1.807, 2.05) is 6.92 Å². The molecule has 3 rings (SSSR count). The van der Waals surface area contributed by atoms with Crippen LogP contribution in [-0.2, 0) is 26.2 Å². The Balaban J connectivity index is 1.84. The second kappa shape index (κ2) is 12.9. The maximum Gasteiger partial charge on any atom is 0.244 e. The van der Waals surface area contributed by atoms with Crippen LogP contribution < -0.4 is 14.4 Å². The van der Waals surface area contributed by atoms with Gasteiger partial charge in [0.25, 0.3) is 0 Å². The van der Waals surface area contributed by atoms with Crippen LogP contribution in [0.15, 0.2) is 48.5 Å². The first-order chi connectivity index (χ1) is 17.6. The summed E-state index contributed by atoms with van der Waals surface area (Å²) >= 11 is 0. The Labute approximate surface area is 218 Å². The molecule has 2 aromatic rings. The van der Waals surface area contributed by atoms with E-state index in [1.54, 1.807) is 43.3 Å². The molecule has 1 atom stereocenters. The van der Waals surface area contributed by atoms with Crippen LogP contribution in [0.3, 0.4) is 0 Å². The molecule has 1 aliphatic rings. The zero-order chi connectivity index (χ0) is 27.0. The van der Waals surface area contributed by atoms with Crippen molar-refractivity contribution in [3.63, 3.8) is 0 Å². The minimum atomic E-state index is -3.82. The standard InChI is InChI=1S/C27H36FN3O5S/c1-4-36-25-16-14-24(15-17-25)31(37(3,34)35)19-26(32)30(18-21-10-12-22(28)13-11-21)20(2)27(33)29-23-8-6-5-7-9-23/h10-17,20,23H,4-9,18-19H2,1-3H3,(H,29,33)/t20-/m0/s1. The molecule has 0 bridgehead atoms. The predicted octanol–water partition coefficient (Wildman–Crippen LogP) is 3.86. The van der Waals surface area contributed by atoms with Crippen molar-refractivity contribution in [1.82, 2.24) is 10.2 Å². The van der Waals surface area contributed by atoms with Crippen molar-refractivity contribution in [1.29, 1.82) is 0 Å². The molecular formula is C27H36FN3O5S. The summed E-state index contributed by atoms with van der Waals surface area (Å²) in [5.74, 6) is -0.676. The first-order valence-electron chi connectivity index (χ1n) is 12.6. The van der Waals surface area contributed by atoms with Gasteiger partial charge in [-0.1, -0.05) is 31.4 Å². The summed E-state index contributed by atoms with van der Waals surface area (Å²) in [5, 5.41) is 3.04. The number of halogens is 1. The molecule has 37 heavy (non-hydrogen) atoms. The number of ether oxygens (including phenoxy) is 1. The van der Waals surface area contributed by atoms with Crippen LogP contribution in [0.4, 0.5) is 10.1 Å². The van der Waals surface area contributed by atoms with E-state index in [4.69, 9.17) is 4.74 Å². The van der Waals surface area contributed by atoms with E-state index in [0.29, 0.717) is 23.6 Å². The van der Waals surface area contributed by atoms with E-state index < -0.39 is 34.3 Å². The Morgan fingerprint density at radius 2 is 1.68 bits per heavy atom. The van der Waals surface area contributed by atoms with Crippen LogP contribution in [0.25, 0.3) is 0 Å². The number of hydrogen-bond donors (Lipinski definition) is 1. The summed E-state index contributed by atoms with van der Waals surface area (Å²) in [7, 11) is -3.82. The van der Waals surface area contributed by atoms with Gasteiger partial charge in [-0.3, -0.25) is 13.9 Å². The number of nitrogens with one attached hydrogen (secondary N) is 1. The van der Waals surface area contributed by atoms with Gasteiger partial charge in [-0.25, -0.2) is 12.8 Å². The zero-order valence-electron chi connectivity index (χ0n) is 21.7. The van der Waals surface area contributed by atoms with Crippen LogP contribution in [-0.4, -0.2) is 56.6 Å². The van der Waals surface area contributed by atoms with Gasteiger partial charge in [0, 0.05) is 12.6 Å². The van der Waals surface area contributed by atoms with Crippen molar-refractivity contribution in [3.05, 3.63) is 59.9 Å². The minimum absolute atomic E-state index is 0.0270. The van der Waals surface area contributed by atoms with E-state index in [2.05, 4.69) is 5.32 Å². The number of amides is 2. The minimum Gasteiger partial charge on any atom is -0.494 e. The van der Waals surface area contributed by atoms with Crippen LogP contribution in [0.1, 0.15) is 51.5 Å². The number of sulfonamides is 1. The lowest BCUT2D eigenvalue weighted by Gasteiger charge is -2.33. The van der Waals surface area contributed by atoms with Gasteiger partial charge >= 0.3 is 0 Å². The Morgan fingerprint density at radius 1 is 1.05 bits per heavy atom. The van der Waals surface area contributed by atoms with E-state index in [-0.39, 0.29) is 18.5 Å². The Kier molecular flexibility index (Phi) is 9.91. The molecule has 0 aliphatic heterocycles. The average Bonchev–Trinajstić information content (AvgIpc) is 2.87. The third-order valence-corrected chi connectivity index (χ3v) is 7.64. The van der Waals surface area contributed by atoms with E-state index >= 15 is 0 Å². The molecule has 202 valence electrons. The second-order valence-electron chi connectivity index (χ2n) is 9.36. The number of rotatable bonds is 11. The number of nitrogens with zero attached hydrogens (tertiary/aromatic N) is 2. The third kappa shape index (κ3) is 8.18. The molecule has 0 aromatic heterocycles. The topological polar surface area (TPSA) is 96.0 Å². The fourth-order valence-electron chi connectivity index (χ4n) is 4.43. The summed E-state index contributed by atoms with van der Waals surface area (Å²) in [6, 6.07) is 11.3. The molecule has 8 nitrogen and oxygen atoms in total. The van der Waals surface area contributed by atoms with Crippen LogP contribution >= 0.6 is 0 Å². The maximum absolute atomic E-state index is 13.6. The van der Waals surface area contributed by atoms with E-state index in [9.17, 15) is 22.4 Å². The van der Waals surface area contributed by atoms with Crippen LogP contribution in [0, 0.1) is 5.82 Å². The number of hydrogen-bond acceptors (Lipinski definition) is 5. The largest absolute Gasteiger partial charge is 0.494 e. The first kappa shape index (κ1) is 28.4. The third-order valence-electron chi connectivity index (χ3n) is 6.50. The molecular weight excluding hydrogens is 497 g/mol. The molecule has 0 spiro atoms. The molecule has 0 radical (unpaired) electrons. The molecule has 10 heteroatoms. The molecule has 2 aromatic carbocycles. The average molecular weight is 534 g/mol. The number of anilines is 1. The van der Waals surface area contributed by atoms with E-state index in [1.165, 1.54) is 17.0 Å². The molecule has 1 N–H and O–H groups in total. The van der Waals surface area contributed by atoms with Crippen molar-refractivity contribution < 1.29 is 27.1 Å². The highest BCUT2D eigenvalue weighted by atomic mass is 32.2. The predicted molar refractivity (Wildman–Crippen MR) is 141 cm³/mol. The highest BCUT2D eigenvalue weighted by Crippen LogP contribution is 2.23. The smallest absolute Gasteiger partial charge is 0.244 e. The summed E-state index contributed by atoms with van der Waals surface area (Å²) < 4.78 is 45.2. The molecule has 1 fully saturated rings. The molecule has 1 saturated carbocycles. The lowest BCUT2D eigenvalue weighted by atomic mass is 9.95. The van der Waals surface area contributed by atoms with Gasteiger partial charge in [0.05, 0.1) is 18.6 Å². The summed E-state index contributed by atoms with van der Waals surface area (Å²) in [6.45, 7) is 3.47. The quantitative estimate of drug-likeness (QED) is 0.473. The van der Waals surface area contributed by atoms with Gasteiger partial charge in [-0.2, -0.15) is 0 Å². The van der Waals surface area contributed by atoms with Crippen molar-refractivity contribution in [2.75, 3.05) is 23.7 Å². The number of carbonyl (C=O) groups is 2. The highest BCUT2D eigenvalue weighted by Gasteiger charge is 2.31. The van der Waals surface area contributed by atoms with Gasteiger partial charge in [-0.05, 0) is 68.7 Å². The molecule has 0 saturated heterocycles. The molecule has 0 unspecified atom stereocenters. The summed E-state index contributed by atoms with van der Waals surface area (Å²) in [4.78, 5) is 28.1. The fraction of sp³-hybridized carbons (Fsp3) is 0.481. The first-order valence-corrected chi connectivity index (χ1v) is 14.5. The maximum atomic E-state index is 13.6. The van der Waals surface area contributed by atoms with Gasteiger partial charge in [-0.15, -0.1) is 0 Å². The monoisotopic (exact) mass is 533 g/mol. The molecule has 2 amide bonds. The fourth-order valence-corrected chi connectivity index (χ4v) is 5.28. The summed E-state index contributed by atoms with van der Waals surface area (Å²) in [6.07, 6.45) is 6.05. The van der Waals surface area contributed by atoms with Crippen molar-refractivity contribution in [2.24, 2.45) is 0 Å². The van der Waals surface area contributed by atoms with Gasteiger partial charge < -0.3 is 15.0 Å². The molecule has 1 aliphatic carbocycles. The number of benzene rings is 2. The highest BCUT2D eigenvalue weighted by molar-refractivity contribution is 7.92.